The van der Waals surface area contributed by atoms with Crippen molar-refractivity contribution >= 4 is 28.2 Å². The largest absolute Gasteiger partial charge is 0.482 e. The first kappa shape index (κ1) is 25.8. The Morgan fingerprint density at radius 2 is 1.89 bits per heavy atom. The maximum absolute atomic E-state index is 12.4. The van der Waals surface area contributed by atoms with E-state index in [4.69, 9.17) is 21.1 Å². The molecule has 1 aromatic carbocycles. The molecular weight excluding hydrogens is 504 g/mol. The van der Waals surface area contributed by atoms with E-state index in [1.165, 1.54) is 7.11 Å². The Hall–Kier alpha value is -3.82. The minimum Gasteiger partial charge on any atom is -0.482 e. The highest BCUT2D eigenvalue weighted by Crippen LogP contribution is 2.43. The number of aliphatic imine (C=N–C) groups is 1. The molecule has 0 bridgehead atoms. The van der Waals surface area contributed by atoms with Gasteiger partial charge in [0.2, 0.25) is 5.75 Å². The smallest absolute Gasteiger partial charge is 0.258 e. The molecule has 4 heterocycles. The van der Waals surface area contributed by atoms with Crippen molar-refractivity contribution in [1.29, 1.82) is 0 Å². The summed E-state index contributed by atoms with van der Waals surface area (Å²) >= 11 is 6.94. The van der Waals surface area contributed by atoms with E-state index >= 15 is 0 Å². The van der Waals surface area contributed by atoms with Crippen molar-refractivity contribution in [2.45, 2.75) is 33.3 Å². The number of pyridine rings is 2. The van der Waals surface area contributed by atoms with E-state index in [9.17, 15) is 5.11 Å². The number of methoxy groups -OCH3 is 1. The normalized spacial score (nSPS) is 15.1. The van der Waals surface area contributed by atoms with Gasteiger partial charge >= 0.3 is 0 Å². The van der Waals surface area contributed by atoms with Crippen LogP contribution in [0.1, 0.15) is 42.1 Å². The molecule has 1 atom stereocenters. The minimum atomic E-state index is -1.61. The minimum absolute atomic E-state index is 0.283. The summed E-state index contributed by atoms with van der Waals surface area (Å²) in [6, 6.07) is 9.17. The summed E-state index contributed by atoms with van der Waals surface area (Å²) in [5, 5.41) is 21.4. The number of aliphatic hydroxyl groups is 1. The van der Waals surface area contributed by atoms with Gasteiger partial charge < -0.3 is 14.6 Å². The third-order valence-corrected chi connectivity index (χ3v) is 7.40. The molecule has 4 aromatic rings. The van der Waals surface area contributed by atoms with E-state index in [-0.39, 0.29) is 5.88 Å². The zero-order valence-corrected chi connectivity index (χ0v) is 23.0. The van der Waals surface area contributed by atoms with Gasteiger partial charge in [-0.1, -0.05) is 28.9 Å². The topological polar surface area (TPSA) is 108 Å². The summed E-state index contributed by atoms with van der Waals surface area (Å²) in [5.41, 5.74) is 5.33. The third-order valence-electron chi connectivity index (χ3n) is 7.03. The molecule has 0 amide bonds. The van der Waals surface area contributed by atoms with Crippen LogP contribution in [0.2, 0.25) is 5.02 Å². The van der Waals surface area contributed by atoms with Gasteiger partial charge in [0, 0.05) is 40.7 Å². The van der Waals surface area contributed by atoms with Gasteiger partial charge in [0.05, 0.1) is 36.1 Å². The van der Waals surface area contributed by atoms with Gasteiger partial charge in [-0.2, -0.15) is 0 Å². The van der Waals surface area contributed by atoms with Gasteiger partial charge in [-0.15, -0.1) is 5.10 Å². The lowest BCUT2D eigenvalue weighted by Crippen LogP contribution is -2.32. The van der Waals surface area contributed by atoms with E-state index < -0.39 is 5.60 Å². The zero-order chi connectivity index (χ0) is 27.2. The first-order valence-corrected chi connectivity index (χ1v) is 12.6. The fourth-order valence-corrected chi connectivity index (χ4v) is 5.20. The van der Waals surface area contributed by atoms with Crippen molar-refractivity contribution in [1.82, 2.24) is 25.0 Å². The van der Waals surface area contributed by atoms with Gasteiger partial charge in [-0.25, -0.2) is 9.67 Å². The molecule has 1 unspecified atom stereocenters. The fourth-order valence-electron chi connectivity index (χ4n) is 4.91. The number of hydrogen-bond acceptors (Lipinski definition) is 8. The zero-order valence-electron chi connectivity index (χ0n) is 22.2. The quantitative estimate of drug-likeness (QED) is 0.373. The molecule has 0 saturated heterocycles. The second-order valence-electron chi connectivity index (χ2n) is 9.48. The molecule has 0 fully saturated rings. The monoisotopic (exact) mass is 532 g/mol. The summed E-state index contributed by atoms with van der Waals surface area (Å²) in [4.78, 5) is 13.7. The maximum Gasteiger partial charge on any atom is 0.258 e. The van der Waals surface area contributed by atoms with Crippen LogP contribution < -0.4 is 9.47 Å². The van der Waals surface area contributed by atoms with Gasteiger partial charge in [-0.3, -0.25) is 9.98 Å². The molecule has 38 heavy (non-hydrogen) atoms. The van der Waals surface area contributed by atoms with Crippen molar-refractivity contribution < 1.29 is 14.6 Å². The molecule has 3 aromatic heterocycles. The van der Waals surface area contributed by atoms with Crippen LogP contribution in [0, 0.1) is 13.8 Å². The van der Waals surface area contributed by atoms with Crippen molar-refractivity contribution in [2.24, 2.45) is 12.0 Å². The number of aryl methyl sites for hydroxylation is 3. The summed E-state index contributed by atoms with van der Waals surface area (Å²) in [6.07, 6.45) is 1.55. The van der Waals surface area contributed by atoms with Crippen molar-refractivity contribution in [2.75, 3.05) is 20.3 Å². The van der Waals surface area contributed by atoms with Crippen LogP contribution in [0.25, 0.3) is 10.9 Å². The van der Waals surface area contributed by atoms with Crippen LogP contribution in [0.5, 0.6) is 11.6 Å². The molecule has 1 aliphatic heterocycles. The predicted octanol–water partition coefficient (Wildman–Crippen LogP) is 4.49. The molecule has 1 N–H and O–H groups in total. The average molecular weight is 533 g/mol. The molecule has 0 spiro atoms. The van der Waals surface area contributed by atoms with Gasteiger partial charge in [0.1, 0.15) is 6.61 Å². The molecule has 5 rings (SSSR count). The van der Waals surface area contributed by atoms with Crippen molar-refractivity contribution in [3.8, 4) is 11.6 Å². The molecule has 0 saturated carbocycles. The second-order valence-corrected chi connectivity index (χ2v) is 9.86. The van der Waals surface area contributed by atoms with E-state index in [0.717, 1.165) is 22.6 Å². The van der Waals surface area contributed by atoms with Gasteiger partial charge in [0.25, 0.3) is 5.88 Å². The molecule has 196 valence electrons. The Balaban J connectivity index is 1.68. The maximum atomic E-state index is 12.4. The van der Waals surface area contributed by atoms with E-state index in [1.54, 1.807) is 24.0 Å². The van der Waals surface area contributed by atoms with E-state index in [0.29, 0.717) is 57.3 Å². The van der Waals surface area contributed by atoms with Crippen LogP contribution in [0.4, 0.5) is 0 Å². The number of halogens is 1. The van der Waals surface area contributed by atoms with E-state index in [1.807, 2.05) is 52.0 Å². The van der Waals surface area contributed by atoms with Crippen LogP contribution in [0.3, 0.4) is 0 Å². The summed E-state index contributed by atoms with van der Waals surface area (Å²) in [5.74, 6) is 0.614. The van der Waals surface area contributed by atoms with Crippen molar-refractivity contribution in [3.05, 3.63) is 80.9 Å². The molecule has 0 radical (unpaired) electrons. The highest BCUT2D eigenvalue weighted by molar-refractivity contribution is 6.37. The lowest BCUT2D eigenvalue weighted by molar-refractivity contribution is 0.115. The average Bonchev–Trinajstić information content (AvgIpc) is 3.47. The van der Waals surface area contributed by atoms with Crippen LogP contribution >= 0.6 is 11.6 Å². The Morgan fingerprint density at radius 1 is 1.11 bits per heavy atom. The van der Waals surface area contributed by atoms with Gasteiger partial charge in [-0.05, 0) is 57.0 Å². The predicted molar refractivity (Wildman–Crippen MR) is 146 cm³/mol. The highest BCUT2D eigenvalue weighted by atomic mass is 35.5. The third kappa shape index (κ3) is 4.21. The molecule has 9 nitrogen and oxygen atoms in total. The first-order chi connectivity index (χ1) is 18.1. The fraction of sp³-hybridized carbons (Fsp3) is 0.321. The molecule has 0 aliphatic carbocycles. The SMILES string of the molecule is COc1nc2ccc(C(O)(c3ccc(C)nc3C)c3cnnn3C)cc2c(Cl)c1OCC1=C(C)CN=C1C. The Bertz CT molecular complexity index is 1630. The van der Waals surface area contributed by atoms with Crippen LogP contribution in [-0.2, 0) is 12.6 Å². The second kappa shape index (κ2) is 9.81. The lowest BCUT2D eigenvalue weighted by atomic mass is 9.82. The van der Waals surface area contributed by atoms with Gasteiger partial charge in [0.15, 0.2) is 5.60 Å². The Labute approximate surface area is 225 Å². The first-order valence-electron chi connectivity index (χ1n) is 12.2. The number of nitrogens with zero attached hydrogens (tertiary/aromatic N) is 6. The van der Waals surface area contributed by atoms with Crippen LogP contribution in [0.15, 0.2) is 52.7 Å². The molecule has 1 aliphatic rings. The highest BCUT2D eigenvalue weighted by Gasteiger charge is 2.39. The number of hydrogen-bond donors (Lipinski definition) is 1. The number of benzene rings is 1. The Kier molecular flexibility index (Phi) is 6.66. The summed E-state index contributed by atoms with van der Waals surface area (Å²) in [7, 11) is 3.27. The number of rotatable bonds is 7. The summed E-state index contributed by atoms with van der Waals surface area (Å²) in [6.45, 7) is 8.75. The molecule has 10 heteroatoms. The standard InChI is InChI=1S/C28H29ClN6O3/c1-15-12-30-17(3)21(15)14-38-26-25(29)20-11-19(8-10-23(20)33-27(26)37-6)28(36,24-13-31-34-35(24)5)22-9-7-16(2)32-18(22)4/h7-11,13,36H,12,14H2,1-6H3. The number of fused-ring (bicyclic) bond motifs is 1. The molecular formula is C28H29ClN6O3. The van der Waals surface area contributed by atoms with Crippen molar-refractivity contribution in [3.63, 3.8) is 0 Å². The van der Waals surface area contributed by atoms with E-state index in [2.05, 4.69) is 25.3 Å². The van der Waals surface area contributed by atoms with Crippen LogP contribution in [-0.4, -0.2) is 56.0 Å². The summed E-state index contributed by atoms with van der Waals surface area (Å²) < 4.78 is 13.2. The number of ether oxygens (including phenoxy) is 2. The lowest BCUT2D eigenvalue weighted by Gasteiger charge is -2.30. The Morgan fingerprint density at radius 3 is 2.53 bits per heavy atom. The number of aromatic nitrogens is 5.